The predicted octanol–water partition coefficient (Wildman–Crippen LogP) is 8.02. The smallest absolute Gasteiger partial charge is 0.251 e. The Labute approximate surface area is 201 Å². The van der Waals surface area contributed by atoms with Crippen molar-refractivity contribution in [3.05, 3.63) is 65.7 Å². The van der Waals surface area contributed by atoms with E-state index in [0.717, 1.165) is 29.8 Å². The van der Waals surface area contributed by atoms with Gasteiger partial charge in [0.1, 0.15) is 0 Å². The number of rotatable bonds is 17. The van der Waals surface area contributed by atoms with Crippen molar-refractivity contribution >= 4 is 23.2 Å². The molecule has 2 aromatic carbocycles. The third-order valence-electron chi connectivity index (χ3n) is 6.14. The second-order valence-electron chi connectivity index (χ2n) is 9.09. The highest BCUT2D eigenvalue weighted by Crippen LogP contribution is 2.19. The van der Waals surface area contributed by atoms with E-state index in [0.29, 0.717) is 5.57 Å². The number of hydrogen-bond acceptors (Lipinski definition) is 2. The van der Waals surface area contributed by atoms with Crippen LogP contribution in [0.15, 0.2) is 54.6 Å². The molecule has 0 unspecified atom stereocenters. The predicted molar refractivity (Wildman–Crippen MR) is 144 cm³/mol. The Kier molecular flexibility index (Phi) is 13.8. The molecule has 3 heteroatoms. The van der Waals surface area contributed by atoms with Crippen LogP contribution in [-0.2, 0) is 4.79 Å². The standard InChI is InChI=1S/C30H44N2O/c1-2-3-4-5-6-7-8-9-10-11-12-13-17-24-32-30(33)29(27-18-15-14-16-19-27)25-26-20-22-28(31)23-21-26/h14-16,18-23,25H,2-13,17,24,31H2,1H3,(H,32,33). The van der Waals surface area contributed by atoms with Crippen LogP contribution in [0.4, 0.5) is 5.69 Å². The third-order valence-corrected chi connectivity index (χ3v) is 6.14. The molecule has 0 aromatic heterocycles. The minimum absolute atomic E-state index is 0.0167. The Hall–Kier alpha value is -2.55. The monoisotopic (exact) mass is 448 g/mol. The molecular weight excluding hydrogens is 404 g/mol. The molecule has 3 N–H and O–H groups in total. The van der Waals surface area contributed by atoms with Gasteiger partial charge in [0.25, 0.3) is 5.91 Å². The summed E-state index contributed by atoms with van der Waals surface area (Å²) in [5.74, 6) is -0.0167. The first-order valence-corrected chi connectivity index (χ1v) is 13.1. The van der Waals surface area contributed by atoms with Gasteiger partial charge in [0.15, 0.2) is 0 Å². The Morgan fingerprint density at radius 3 is 1.79 bits per heavy atom. The zero-order chi connectivity index (χ0) is 23.6. The quantitative estimate of drug-likeness (QED) is 0.111. The van der Waals surface area contributed by atoms with Crippen LogP contribution in [0.25, 0.3) is 11.6 Å². The van der Waals surface area contributed by atoms with Crippen molar-refractivity contribution in [1.29, 1.82) is 0 Å². The SMILES string of the molecule is CCCCCCCCCCCCCCCNC(=O)C(=Cc1ccc(N)cc1)c1ccccc1. The summed E-state index contributed by atoms with van der Waals surface area (Å²) in [5, 5.41) is 3.12. The van der Waals surface area contributed by atoms with Gasteiger partial charge in [-0.25, -0.2) is 0 Å². The fraction of sp³-hybridized carbons (Fsp3) is 0.500. The molecule has 3 nitrogen and oxygen atoms in total. The molecule has 2 rings (SSSR count). The van der Waals surface area contributed by atoms with Gasteiger partial charge in [-0.1, -0.05) is 126 Å². The molecule has 0 saturated carbocycles. The van der Waals surface area contributed by atoms with E-state index in [1.165, 1.54) is 77.0 Å². The number of nitrogen functional groups attached to an aromatic ring is 1. The van der Waals surface area contributed by atoms with Crippen molar-refractivity contribution in [2.24, 2.45) is 0 Å². The number of benzene rings is 2. The molecule has 180 valence electrons. The average molecular weight is 449 g/mol. The van der Waals surface area contributed by atoms with Crippen molar-refractivity contribution in [3.8, 4) is 0 Å². The maximum atomic E-state index is 12.9. The summed E-state index contributed by atoms with van der Waals surface area (Å²) >= 11 is 0. The maximum absolute atomic E-state index is 12.9. The van der Waals surface area contributed by atoms with Crippen LogP contribution in [0.1, 0.15) is 102 Å². The topological polar surface area (TPSA) is 55.1 Å². The molecule has 33 heavy (non-hydrogen) atoms. The normalized spacial score (nSPS) is 11.5. The van der Waals surface area contributed by atoms with Crippen molar-refractivity contribution in [3.63, 3.8) is 0 Å². The van der Waals surface area contributed by atoms with Crippen LogP contribution in [-0.4, -0.2) is 12.5 Å². The first-order chi connectivity index (χ1) is 16.2. The molecular formula is C30H44N2O. The number of anilines is 1. The van der Waals surface area contributed by atoms with Gasteiger partial charge in [-0.05, 0) is 35.8 Å². The van der Waals surface area contributed by atoms with Gasteiger partial charge in [-0.2, -0.15) is 0 Å². The van der Waals surface area contributed by atoms with E-state index in [1.54, 1.807) is 0 Å². The van der Waals surface area contributed by atoms with E-state index in [2.05, 4.69) is 12.2 Å². The van der Waals surface area contributed by atoms with Crippen molar-refractivity contribution in [1.82, 2.24) is 5.32 Å². The number of nitrogens with one attached hydrogen (secondary N) is 1. The largest absolute Gasteiger partial charge is 0.399 e. The molecule has 0 radical (unpaired) electrons. The zero-order valence-electron chi connectivity index (χ0n) is 20.7. The highest BCUT2D eigenvalue weighted by molar-refractivity contribution is 6.24. The number of amides is 1. The molecule has 0 fully saturated rings. The number of carbonyl (C=O) groups is 1. The van der Waals surface area contributed by atoms with Gasteiger partial charge in [-0.3, -0.25) is 4.79 Å². The molecule has 0 heterocycles. The number of carbonyl (C=O) groups excluding carboxylic acids is 1. The number of unbranched alkanes of at least 4 members (excludes halogenated alkanes) is 12. The van der Waals surface area contributed by atoms with Crippen LogP contribution in [0.5, 0.6) is 0 Å². The van der Waals surface area contributed by atoms with Crippen LogP contribution in [0.3, 0.4) is 0 Å². The summed E-state index contributed by atoms with van der Waals surface area (Å²) in [5.41, 5.74) is 9.11. The van der Waals surface area contributed by atoms with E-state index in [-0.39, 0.29) is 5.91 Å². The van der Waals surface area contributed by atoms with Crippen LogP contribution < -0.4 is 11.1 Å². The van der Waals surface area contributed by atoms with E-state index in [1.807, 2.05) is 60.7 Å². The van der Waals surface area contributed by atoms with Gasteiger partial charge in [0, 0.05) is 17.8 Å². The Balaban J connectivity index is 1.64. The summed E-state index contributed by atoms with van der Waals surface area (Å²) in [4.78, 5) is 12.9. The van der Waals surface area contributed by atoms with Gasteiger partial charge < -0.3 is 11.1 Å². The first kappa shape index (κ1) is 26.7. The lowest BCUT2D eigenvalue weighted by Gasteiger charge is -2.10. The van der Waals surface area contributed by atoms with Crippen molar-refractivity contribution < 1.29 is 4.79 Å². The van der Waals surface area contributed by atoms with E-state index in [4.69, 9.17) is 5.73 Å². The minimum Gasteiger partial charge on any atom is -0.399 e. The lowest BCUT2D eigenvalue weighted by atomic mass is 10.0. The van der Waals surface area contributed by atoms with Gasteiger partial charge in [0.2, 0.25) is 0 Å². The summed E-state index contributed by atoms with van der Waals surface area (Å²) in [6, 6.07) is 17.5. The summed E-state index contributed by atoms with van der Waals surface area (Å²) < 4.78 is 0. The summed E-state index contributed by atoms with van der Waals surface area (Å²) in [6.45, 7) is 3.00. The van der Waals surface area contributed by atoms with E-state index < -0.39 is 0 Å². The van der Waals surface area contributed by atoms with Crippen molar-refractivity contribution in [2.45, 2.75) is 90.4 Å². The van der Waals surface area contributed by atoms with Crippen molar-refractivity contribution in [2.75, 3.05) is 12.3 Å². The Morgan fingerprint density at radius 2 is 1.24 bits per heavy atom. The molecule has 1 amide bonds. The second kappa shape index (κ2) is 17.0. The van der Waals surface area contributed by atoms with E-state index in [9.17, 15) is 4.79 Å². The van der Waals surface area contributed by atoms with Crippen LogP contribution >= 0.6 is 0 Å². The fourth-order valence-corrected chi connectivity index (χ4v) is 4.10. The molecule has 0 saturated heterocycles. The minimum atomic E-state index is -0.0167. The number of nitrogens with two attached hydrogens (primary N) is 1. The lowest BCUT2D eigenvalue weighted by Crippen LogP contribution is -2.25. The van der Waals surface area contributed by atoms with Crippen LogP contribution in [0, 0.1) is 0 Å². The Morgan fingerprint density at radius 1 is 0.727 bits per heavy atom. The zero-order valence-corrected chi connectivity index (χ0v) is 20.7. The van der Waals surface area contributed by atoms with Gasteiger partial charge >= 0.3 is 0 Å². The molecule has 0 aliphatic carbocycles. The highest BCUT2D eigenvalue weighted by atomic mass is 16.1. The van der Waals surface area contributed by atoms with Gasteiger partial charge in [-0.15, -0.1) is 0 Å². The summed E-state index contributed by atoms with van der Waals surface area (Å²) in [6.07, 6.45) is 19.2. The molecule has 0 spiro atoms. The Bertz CT molecular complexity index is 796. The lowest BCUT2D eigenvalue weighted by molar-refractivity contribution is -0.115. The molecule has 0 bridgehead atoms. The third kappa shape index (κ3) is 11.8. The highest BCUT2D eigenvalue weighted by Gasteiger charge is 2.11. The van der Waals surface area contributed by atoms with Gasteiger partial charge in [0.05, 0.1) is 0 Å². The first-order valence-electron chi connectivity index (χ1n) is 13.1. The maximum Gasteiger partial charge on any atom is 0.251 e. The molecule has 2 aromatic rings. The second-order valence-corrected chi connectivity index (χ2v) is 9.09. The fourth-order valence-electron chi connectivity index (χ4n) is 4.10. The molecule has 0 aliphatic rings. The summed E-state index contributed by atoms with van der Waals surface area (Å²) in [7, 11) is 0. The van der Waals surface area contributed by atoms with Crippen LogP contribution in [0.2, 0.25) is 0 Å². The average Bonchev–Trinajstić information content (AvgIpc) is 2.84. The number of hydrogen-bond donors (Lipinski definition) is 2. The van der Waals surface area contributed by atoms with E-state index >= 15 is 0 Å². The molecule has 0 atom stereocenters. The molecule has 0 aliphatic heterocycles.